The van der Waals surface area contributed by atoms with E-state index in [-0.39, 0.29) is 18.0 Å². The Morgan fingerprint density at radius 1 is 0.745 bits per heavy atom. The number of nitrogens with two attached hydrogens (primary N) is 2. The number of nitrogens with one attached hydrogen (secondary N) is 2. The molecule has 2 atom stereocenters. The van der Waals surface area contributed by atoms with E-state index in [1.807, 2.05) is 68.6 Å². The average Bonchev–Trinajstić information content (AvgIpc) is 3.12. The van der Waals surface area contributed by atoms with Crippen molar-refractivity contribution in [3.63, 3.8) is 0 Å². The lowest BCUT2D eigenvalue weighted by atomic mass is 9.77. The molecule has 6 N–H and O–H groups in total. The summed E-state index contributed by atoms with van der Waals surface area (Å²) in [4.78, 5) is 37.7. The Bertz CT molecular complexity index is 1770. The quantitative estimate of drug-likeness (QED) is 0.126. The number of amidine groups is 2. The van der Waals surface area contributed by atoms with E-state index < -0.39 is 11.8 Å². The molecule has 2 aromatic rings. The number of carbonyl (C=O) groups is 2. The monoisotopic (exact) mass is 694 g/mol. The third-order valence-corrected chi connectivity index (χ3v) is 9.01. The number of hydrogen-bond acceptors (Lipinski definition) is 10. The molecule has 272 valence electrons. The van der Waals surface area contributed by atoms with E-state index in [2.05, 4.69) is 24.5 Å². The molecule has 0 radical (unpaired) electrons. The smallest absolute Gasteiger partial charge is 0.163 e. The van der Waals surface area contributed by atoms with Gasteiger partial charge >= 0.3 is 0 Å². The van der Waals surface area contributed by atoms with Gasteiger partial charge in [0.25, 0.3) is 0 Å². The van der Waals surface area contributed by atoms with Crippen LogP contribution in [-0.2, 0) is 9.59 Å². The molecule has 2 aromatic carbocycles. The molecule has 0 aliphatic carbocycles. The van der Waals surface area contributed by atoms with Crippen LogP contribution in [0.5, 0.6) is 11.5 Å². The first-order valence-electron chi connectivity index (χ1n) is 18.1. The molecule has 51 heavy (non-hydrogen) atoms. The molecular formula is C41H54N6O4. The number of nitrogens with zero attached hydrogens (tertiary/aromatic N) is 2. The van der Waals surface area contributed by atoms with Gasteiger partial charge in [0.1, 0.15) is 23.2 Å². The van der Waals surface area contributed by atoms with Gasteiger partial charge in [0.2, 0.25) is 0 Å². The van der Waals surface area contributed by atoms with Crippen LogP contribution in [0.1, 0.15) is 95.6 Å². The van der Waals surface area contributed by atoms with E-state index in [0.29, 0.717) is 95.7 Å². The van der Waals surface area contributed by atoms with Gasteiger partial charge < -0.3 is 31.6 Å². The van der Waals surface area contributed by atoms with Crippen molar-refractivity contribution < 1.29 is 19.1 Å². The number of rotatable bonds is 18. The van der Waals surface area contributed by atoms with Crippen LogP contribution in [0.2, 0.25) is 0 Å². The molecule has 0 aromatic heterocycles. The van der Waals surface area contributed by atoms with Crippen molar-refractivity contribution in [3.8, 4) is 11.5 Å². The van der Waals surface area contributed by atoms with Gasteiger partial charge in [0, 0.05) is 84.1 Å². The fraction of sp³-hybridized carbons (Fsp3) is 0.415. The predicted octanol–water partition coefficient (Wildman–Crippen LogP) is 6.72. The molecule has 0 spiro atoms. The topological polar surface area (TPSA) is 153 Å². The Kier molecular flexibility index (Phi) is 14.2. The number of hydrogen-bond donors (Lipinski definition) is 4. The molecule has 2 unspecified atom stereocenters. The summed E-state index contributed by atoms with van der Waals surface area (Å²) in [6, 6.07) is 15.5. The summed E-state index contributed by atoms with van der Waals surface area (Å²) in [5, 5.41) is 6.45. The minimum absolute atomic E-state index is 0.0468. The molecule has 2 heterocycles. The number of ether oxygens (including phenoxy) is 2. The molecule has 0 bridgehead atoms. The normalized spacial score (nSPS) is 19.2. The Morgan fingerprint density at radius 2 is 1.25 bits per heavy atom. The summed E-state index contributed by atoms with van der Waals surface area (Å²) in [5.74, 6) is 1.12. The summed E-state index contributed by atoms with van der Waals surface area (Å²) < 4.78 is 11.8. The first-order valence-corrected chi connectivity index (χ1v) is 18.1. The minimum Gasteiger partial charge on any atom is -0.496 e. The van der Waals surface area contributed by atoms with Gasteiger partial charge in [-0.05, 0) is 38.3 Å². The number of Topliss-reactive ketones (excluding diaryl/α,β-unsaturated/α-hetero) is 2. The van der Waals surface area contributed by atoms with Crippen molar-refractivity contribution in [2.45, 2.75) is 84.5 Å². The van der Waals surface area contributed by atoms with E-state index >= 15 is 0 Å². The number of methoxy groups -OCH3 is 1. The van der Waals surface area contributed by atoms with E-state index in [9.17, 15) is 9.59 Å². The molecule has 10 heteroatoms. The first-order chi connectivity index (χ1) is 24.8. The third kappa shape index (κ3) is 8.79. The van der Waals surface area contributed by atoms with Gasteiger partial charge in [-0.3, -0.25) is 9.59 Å². The Labute approximate surface area is 302 Å². The van der Waals surface area contributed by atoms with Crippen molar-refractivity contribution in [3.05, 3.63) is 106 Å². The van der Waals surface area contributed by atoms with Gasteiger partial charge in [0.05, 0.1) is 25.1 Å². The predicted molar refractivity (Wildman–Crippen MR) is 206 cm³/mol. The Balaban J connectivity index is 1.73. The SMILES string of the molecule is CCCC(=O)C1=C(CCC)N=C(N)/C(=C\NCCC(=O)C2=C(CCC)N=C(N)/C(=C\NC)C2c2ccccc2OCC)C1c1ccccc1OC. The highest BCUT2D eigenvalue weighted by Crippen LogP contribution is 2.44. The Hall–Kier alpha value is -5.12. The van der Waals surface area contributed by atoms with Crippen LogP contribution in [0.4, 0.5) is 0 Å². The van der Waals surface area contributed by atoms with Gasteiger partial charge in [0.15, 0.2) is 11.6 Å². The van der Waals surface area contributed by atoms with Crippen LogP contribution >= 0.6 is 0 Å². The average molecular weight is 695 g/mol. The fourth-order valence-corrected chi connectivity index (χ4v) is 6.87. The van der Waals surface area contributed by atoms with Gasteiger partial charge in [-0.1, -0.05) is 70.0 Å². The Morgan fingerprint density at radius 3 is 1.76 bits per heavy atom. The second-order valence-corrected chi connectivity index (χ2v) is 12.6. The number of carbonyl (C=O) groups excluding carboxylic acids is 2. The summed E-state index contributed by atoms with van der Waals surface area (Å²) in [6.07, 6.45) is 7.76. The largest absolute Gasteiger partial charge is 0.496 e. The number of benzene rings is 2. The second-order valence-electron chi connectivity index (χ2n) is 12.6. The van der Waals surface area contributed by atoms with Crippen LogP contribution in [-0.4, -0.2) is 50.5 Å². The van der Waals surface area contributed by atoms with Crippen LogP contribution in [0.15, 0.2) is 105 Å². The molecule has 0 saturated heterocycles. The summed E-state index contributed by atoms with van der Waals surface area (Å²) in [6.45, 7) is 8.85. The number of aliphatic imine (C=N–C) groups is 2. The number of allylic oxidation sites excluding steroid dienone is 4. The van der Waals surface area contributed by atoms with Crippen molar-refractivity contribution in [2.24, 2.45) is 21.5 Å². The molecule has 4 rings (SSSR count). The van der Waals surface area contributed by atoms with E-state index in [0.717, 1.165) is 24.0 Å². The van der Waals surface area contributed by atoms with Crippen LogP contribution in [0, 0.1) is 0 Å². The first kappa shape index (κ1) is 38.7. The maximum absolute atomic E-state index is 14.4. The zero-order valence-corrected chi connectivity index (χ0v) is 31.0. The molecule has 0 amide bonds. The maximum Gasteiger partial charge on any atom is 0.163 e. The summed E-state index contributed by atoms with van der Waals surface area (Å²) in [5.41, 5.74) is 19.0. The zero-order valence-electron chi connectivity index (χ0n) is 31.0. The maximum atomic E-state index is 14.4. The number of ketones is 2. The van der Waals surface area contributed by atoms with Crippen LogP contribution < -0.4 is 31.6 Å². The zero-order chi connectivity index (χ0) is 36.9. The van der Waals surface area contributed by atoms with Gasteiger partial charge in [-0.25, -0.2) is 9.98 Å². The van der Waals surface area contributed by atoms with Crippen LogP contribution in [0.25, 0.3) is 0 Å². The lowest BCUT2D eigenvalue weighted by Gasteiger charge is -2.30. The highest BCUT2D eigenvalue weighted by molar-refractivity contribution is 6.09. The standard InChI is InChI=1S/C41H54N6O4/c1-7-15-30-38(32(48)17-9-3)36(26-18-11-13-20-34(26)50-6)29(41(43)47-30)25-45-23-22-33(49)39-31(16-8-2)46-40(42)28(24-44-5)37(39)27-19-12-14-21-35(27)51-10-4/h11-14,18-21,24-25,36-37,44-45H,7-10,15-17,22-23H2,1-6H3,(H2,42,46)(H2,43,47)/b28-24-,29-25-. The molecule has 10 nitrogen and oxygen atoms in total. The van der Waals surface area contributed by atoms with Gasteiger partial charge in [-0.2, -0.15) is 0 Å². The molecule has 2 aliphatic rings. The lowest BCUT2D eigenvalue weighted by molar-refractivity contribution is -0.116. The molecule has 0 fully saturated rings. The lowest BCUT2D eigenvalue weighted by Crippen LogP contribution is -2.32. The highest BCUT2D eigenvalue weighted by Gasteiger charge is 2.37. The van der Waals surface area contributed by atoms with Crippen molar-refractivity contribution in [2.75, 3.05) is 27.3 Å². The van der Waals surface area contributed by atoms with Crippen molar-refractivity contribution in [1.29, 1.82) is 0 Å². The molecular weight excluding hydrogens is 640 g/mol. The van der Waals surface area contributed by atoms with Crippen molar-refractivity contribution in [1.82, 2.24) is 10.6 Å². The summed E-state index contributed by atoms with van der Waals surface area (Å²) >= 11 is 0. The van der Waals surface area contributed by atoms with Crippen LogP contribution in [0.3, 0.4) is 0 Å². The van der Waals surface area contributed by atoms with E-state index in [4.69, 9.17) is 30.9 Å². The third-order valence-electron chi connectivity index (χ3n) is 9.01. The molecule has 0 saturated carbocycles. The molecule has 2 aliphatic heterocycles. The number of para-hydroxylation sites is 2. The fourth-order valence-electron chi connectivity index (χ4n) is 6.87. The summed E-state index contributed by atoms with van der Waals surface area (Å²) in [7, 11) is 3.42. The van der Waals surface area contributed by atoms with E-state index in [1.165, 1.54) is 0 Å². The minimum atomic E-state index is -0.481. The van der Waals surface area contributed by atoms with Crippen molar-refractivity contribution >= 4 is 23.2 Å². The van der Waals surface area contributed by atoms with Gasteiger partial charge in [-0.15, -0.1) is 0 Å². The second kappa shape index (κ2) is 18.8. The highest BCUT2D eigenvalue weighted by atomic mass is 16.5. The van der Waals surface area contributed by atoms with E-state index in [1.54, 1.807) is 20.4 Å².